The number of carbonyl (C=O) groups excluding carboxylic acids is 2. The average molecular weight is 463 g/mol. The summed E-state index contributed by atoms with van der Waals surface area (Å²) in [6.45, 7) is 16.6. The van der Waals surface area contributed by atoms with Gasteiger partial charge in [-0.3, -0.25) is 4.79 Å². The van der Waals surface area contributed by atoms with Crippen molar-refractivity contribution in [2.45, 2.75) is 92.0 Å². The van der Waals surface area contributed by atoms with E-state index in [0.717, 1.165) is 6.42 Å². The summed E-state index contributed by atoms with van der Waals surface area (Å²) in [7, 11) is 0. The monoisotopic (exact) mass is 462 g/mol. The predicted octanol–water partition coefficient (Wildman–Crippen LogP) is 4.50. The molecule has 0 saturated heterocycles. The van der Waals surface area contributed by atoms with E-state index in [0.29, 0.717) is 24.8 Å². The normalized spacial score (nSPS) is 33.2. The molecule has 6 heteroatoms. The zero-order valence-corrected chi connectivity index (χ0v) is 21.3. The number of ether oxygens (including phenoxy) is 2. The lowest BCUT2D eigenvalue weighted by Crippen LogP contribution is -2.63. The van der Waals surface area contributed by atoms with Crippen LogP contribution in [0.3, 0.4) is 0 Å². The summed E-state index contributed by atoms with van der Waals surface area (Å²) in [6, 6.07) is 0. The molecule has 0 spiro atoms. The molecule has 0 aromatic carbocycles. The minimum Gasteiger partial charge on any atom is -0.465 e. The van der Waals surface area contributed by atoms with E-state index in [9.17, 15) is 19.8 Å². The Morgan fingerprint density at radius 3 is 2.52 bits per heavy atom. The van der Waals surface area contributed by atoms with Crippen LogP contribution >= 0.6 is 0 Å². The molecule has 0 aliphatic heterocycles. The van der Waals surface area contributed by atoms with Crippen molar-refractivity contribution < 1.29 is 29.3 Å². The second kappa shape index (κ2) is 10.1. The number of rotatable bonds is 8. The quantitative estimate of drug-likeness (QED) is 0.313. The van der Waals surface area contributed by atoms with Crippen molar-refractivity contribution >= 4 is 11.9 Å². The van der Waals surface area contributed by atoms with Gasteiger partial charge in [0.15, 0.2) is 0 Å². The zero-order chi connectivity index (χ0) is 25.2. The SMILES string of the molecule is C=C[C@](C)(O)CC[C@@H]1C(C)=CC[C@@H]2C(C)(C)C(O)C(OC(=O)/C(C)=C\C)C[C@@]12COC(C)=O. The molecule has 0 bridgehead atoms. The molecule has 0 aromatic heterocycles. The minimum absolute atomic E-state index is 0.000466. The number of esters is 2. The molecule has 2 N–H and O–H groups in total. The lowest BCUT2D eigenvalue weighted by Gasteiger charge is -2.61. The van der Waals surface area contributed by atoms with Crippen LogP contribution in [0.25, 0.3) is 0 Å². The van der Waals surface area contributed by atoms with Gasteiger partial charge in [0.25, 0.3) is 0 Å². The third-order valence-corrected chi connectivity index (χ3v) is 8.14. The minimum atomic E-state index is -1.02. The molecule has 1 fully saturated rings. The lowest BCUT2D eigenvalue weighted by atomic mass is 9.46. The van der Waals surface area contributed by atoms with Crippen LogP contribution in [0.1, 0.15) is 74.1 Å². The third-order valence-electron chi connectivity index (χ3n) is 8.14. The van der Waals surface area contributed by atoms with Crippen molar-refractivity contribution in [2.75, 3.05) is 6.61 Å². The summed E-state index contributed by atoms with van der Waals surface area (Å²) in [6.07, 6.45) is 6.11. The Morgan fingerprint density at radius 2 is 1.97 bits per heavy atom. The van der Waals surface area contributed by atoms with Crippen LogP contribution in [0.2, 0.25) is 0 Å². The second-order valence-corrected chi connectivity index (χ2v) is 10.8. The maximum absolute atomic E-state index is 12.6. The van der Waals surface area contributed by atoms with E-state index in [1.807, 2.05) is 13.8 Å². The predicted molar refractivity (Wildman–Crippen MR) is 128 cm³/mol. The molecule has 2 rings (SSSR count). The summed E-state index contributed by atoms with van der Waals surface area (Å²) in [5.74, 6) is -0.834. The molecule has 0 amide bonds. The van der Waals surface area contributed by atoms with E-state index in [2.05, 4.69) is 19.6 Å². The molecule has 2 aliphatic rings. The molecule has 186 valence electrons. The fourth-order valence-corrected chi connectivity index (χ4v) is 5.88. The van der Waals surface area contributed by atoms with Crippen LogP contribution in [0.5, 0.6) is 0 Å². The highest BCUT2D eigenvalue weighted by molar-refractivity contribution is 5.87. The standard InChI is InChI=1S/C27H42O6/c1-9-17(3)24(30)33-21-15-27(16-32-19(5)28)20(13-14-26(8,31)10-2)18(4)11-12-22(27)25(6,7)23(21)29/h9-11,20-23,29,31H,2,12-16H2,1,3-8H3/b17-9-/t20-,21?,22-,23?,26+,27-/m1/s1. The van der Waals surface area contributed by atoms with Gasteiger partial charge in [0.05, 0.1) is 18.3 Å². The van der Waals surface area contributed by atoms with Crippen molar-refractivity contribution in [1.29, 1.82) is 0 Å². The fourth-order valence-electron chi connectivity index (χ4n) is 5.88. The summed E-state index contributed by atoms with van der Waals surface area (Å²) < 4.78 is 11.5. The molecule has 6 atom stereocenters. The highest BCUT2D eigenvalue weighted by Crippen LogP contribution is 2.61. The van der Waals surface area contributed by atoms with Crippen molar-refractivity contribution in [3.8, 4) is 0 Å². The Balaban J connectivity index is 2.56. The second-order valence-electron chi connectivity index (χ2n) is 10.8. The van der Waals surface area contributed by atoms with Crippen LogP contribution in [-0.4, -0.2) is 46.6 Å². The molecule has 2 unspecified atom stereocenters. The van der Waals surface area contributed by atoms with Gasteiger partial charge >= 0.3 is 11.9 Å². The average Bonchev–Trinajstić information content (AvgIpc) is 2.74. The lowest BCUT2D eigenvalue weighted by molar-refractivity contribution is -0.211. The largest absolute Gasteiger partial charge is 0.465 e. The number of allylic oxidation sites excluding steroid dienone is 3. The Labute approximate surface area is 198 Å². The van der Waals surface area contributed by atoms with E-state index in [4.69, 9.17) is 9.47 Å². The molecular weight excluding hydrogens is 420 g/mol. The first-order valence-electron chi connectivity index (χ1n) is 11.9. The van der Waals surface area contributed by atoms with Gasteiger partial charge in [-0.1, -0.05) is 37.6 Å². The highest BCUT2D eigenvalue weighted by Gasteiger charge is 2.62. The van der Waals surface area contributed by atoms with E-state index in [1.165, 1.54) is 12.5 Å². The number of aliphatic hydroxyl groups is 2. The van der Waals surface area contributed by atoms with Gasteiger partial charge in [0.2, 0.25) is 0 Å². The summed E-state index contributed by atoms with van der Waals surface area (Å²) in [4.78, 5) is 24.5. The smallest absolute Gasteiger partial charge is 0.333 e. The number of carbonyl (C=O) groups is 2. The Morgan fingerprint density at radius 1 is 1.33 bits per heavy atom. The Hall–Kier alpha value is -1.92. The fraction of sp³-hybridized carbons (Fsp3) is 0.704. The summed E-state index contributed by atoms with van der Waals surface area (Å²) in [5.41, 5.74) is -0.508. The summed E-state index contributed by atoms with van der Waals surface area (Å²) >= 11 is 0. The first-order valence-corrected chi connectivity index (χ1v) is 11.9. The van der Waals surface area contributed by atoms with E-state index >= 15 is 0 Å². The molecule has 0 radical (unpaired) electrons. The highest BCUT2D eigenvalue weighted by atomic mass is 16.6. The maximum Gasteiger partial charge on any atom is 0.333 e. The Kier molecular flexibility index (Phi) is 8.40. The van der Waals surface area contributed by atoms with Gasteiger partial charge < -0.3 is 19.7 Å². The molecule has 0 aromatic rings. The van der Waals surface area contributed by atoms with Gasteiger partial charge in [0.1, 0.15) is 6.10 Å². The van der Waals surface area contributed by atoms with Crippen LogP contribution in [-0.2, 0) is 19.1 Å². The molecule has 33 heavy (non-hydrogen) atoms. The number of hydrogen-bond acceptors (Lipinski definition) is 6. The van der Waals surface area contributed by atoms with Crippen molar-refractivity contribution in [3.63, 3.8) is 0 Å². The molecule has 0 heterocycles. The first-order chi connectivity index (χ1) is 15.2. The molecule has 2 aliphatic carbocycles. The van der Waals surface area contributed by atoms with Crippen molar-refractivity contribution in [3.05, 3.63) is 36.0 Å². The molecule has 6 nitrogen and oxygen atoms in total. The van der Waals surface area contributed by atoms with Gasteiger partial charge in [0, 0.05) is 17.9 Å². The maximum atomic E-state index is 12.6. The van der Waals surface area contributed by atoms with Gasteiger partial charge in [-0.15, -0.1) is 6.58 Å². The van der Waals surface area contributed by atoms with Gasteiger partial charge in [-0.25, -0.2) is 4.79 Å². The van der Waals surface area contributed by atoms with Crippen molar-refractivity contribution in [1.82, 2.24) is 0 Å². The third kappa shape index (κ3) is 5.60. The van der Waals surface area contributed by atoms with Crippen LogP contribution in [0, 0.1) is 22.7 Å². The zero-order valence-electron chi connectivity index (χ0n) is 21.3. The topological polar surface area (TPSA) is 93.1 Å². The number of fused-ring (bicyclic) bond motifs is 1. The van der Waals surface area contributed by atoms with E-state index in [-0.39, 0.29) is 24.4 Å². The first kappa shape index (κ1) is 27.3. The van der Waals surface area contributed by atoms with Crippen LogP contribution in [0.4, 0.5) is 0 Å². The van der Waals surface area contributed by atoms with Gasteiger partial charge in [-0.05, 0) is 70.6 Å². The summed E-state index contributed by atoms with van der Waals surface area (Å²) in [5, 5.41) is 21.9. The van der Waals surface area contributed by atoms with Crippen LogP contribution < -0.4 is 0 Å². The molecular formula is C27H42O6. The number of hydrogen-bond donors (Lipinski definition) is 2. The van der Waals surface area contributed by atoms with E-state index < -0.39 is 34.6 Å². The van der Waals surface area contributed by atoms with E-state index in [1.54, 1.807) is 32.9 Å². The van der Waals surface area contributed by atoms with Gasteiger partial charge in [-0.2, -0.15) is 0 Å². The van der Waals surface area contributed by atoms with Crippen molar-refractivity contribution in [2.24, 2.45) is 22.7 Å². The Bertz CT molecular complexity index is 820. The van der Waals surface area contributed by atoms with Crippen LogP contribution in [0.15, 0.2) is 36.0 Å². The molecule has 1 saturated carbocycles. The number of aliphatic hydroxyl groups excluding tert-OH is 1.